The Morgan fingerprint density at radius 2 is 1.84 bits per heavy atom. The first-order chi connectivity index (χ1) is 14.6. The average molecular weight is 450 g/mol. The maximum absolute atomic E-state index is 13.3. The summed E-state index contributed by atoms with van der Waals surface area (Å²) in [6.45, 7) is 0. The number of ether oxygens (including phenoxy) is 1. The molecule has 3 aromatic rings. The molecule has 0 aliphatic heterocycles. The number of fused-ring (bicyclic) bond motifs is 1. The lowest BCUT2D eigenvalue weighted by Crippen LogP contribution is -2.22. The van der Waals surface area contributed by atoms with Gasteiger partial charge in [-0.1, -0.05) is 0 Å². The number of hydrogen-bond donors (Lipinski definition) is 3. The lowest BCUT2D eigenvalue weighted by molar-refractivity contribution is 0.0698. The number of carbonyl (C=O) groups excluding carboxylic acids is 1. The molecule has 11 heteroatoms. The topological polar surface area (TPSA) is 135 Å². The highest BCUT2D eigenvalue weighted by Crippen LogP contribution is 2.43. The van der Waals surface area contributed by atoms with Crippen LogP contribution in [0.3, 0.4) is 0 Å². The van der Waals surface area contributed by atoms with Gasteiger partial charge in [0.05, 0.1) is 18.2 Å². The number of nitrogens with one attached hydrogen (secondary N) is 2. The summed E-state index contributed by atoms with van der Waals surface area (Å²) in [5.41, 5.74) is 0.0419. The Balaban J connectivity index is 2.39. The first kappa shape index (κ1) is 22.1. The van der Waals surface area contributed by atoms with Crippen molar-refractivity contribution in [2.45, 2.75) is 0 Å². The molecule has 0 aliphatic rings. The second-order valence-corrected chi connectivity index (χ2v) is 8.79. The van der Waals surface area contributed by atoms with Crippen molar-refractivity contribution in [2.24, 2.45) is 0 Å². The van der Waals surface area contributed by atoms with Gasteiger partial charge in [-0.05, 0) is 24.3 Å². The molecule has 164 valence electrons. The lowest BCUT2D eigenvalue weighted by Gasteiger charge is -2.15. The molecule has 0 aliphatic carbocycles. The Hall–Kier alpha value is -3.60. The minimum atomic E-state index is -3.45. The molecule has 31 heavy (non-hydrogen) atoms. The van der Waals surface area contributed by atoms with Gasteiger partial charge in [0.1, 0.15) is 39.9 Å². The van der Waals surface area contributed by atoms with Gasteiger partial charge in [0.25, 0.3) is 5.91 Å². The summed E-state index contributed by atoms with van der Waals surface area (Å²) in [5, 5.41) is 15.0. The van der Waals surface area contributed by atoms with E-state index in [4.69, 9.17) is 9.15 Å². The molecule has 2 aromatic carbocycles. The van der Waals surface area contributed by atoms with Crippen LogP contribution in [0.1, 0.15) is 20.7 Å². The standard InChI is InChI=1S/C20H19FN2O7S/c1-22-19(24)14-12(23-9-31(3,27)28)8-13-15(18(14)29-2)16(20(25)26)17(30-13)10-4-6-11(21)7-5-10/h4-8,23H,9H2,1-3H3,(H,22,24)(H,25,26). The molecule has 9 nitrogen and oxygen atoms in total. The van der Waals surface area contributed by atoms with Crippen LogP contribution in [0.15, 0.2) is 34.7 Å². The number of anilines is 1. The minimum absolute atomic E-state index is 0.0119. The Labute approximate surface area is 176 Å². The average Bonchev–Trinajstić information content (AvgIpc) is 3.09. The van der Waals surface area contributed by atoms with Gasteiger partial charge >= 0.3 is 5.97 Å². The Morgan fingerprint density at radius 1 is 1.19 bits per heavy atom. The van der Waals surface area contributed by atoms with Gasteiger partial charge in [-0.2, -0.15) is 0 Å². The predicted octanol–water partition coefficient (Wildman–Crippen LogP) is 2.72. The smallest absolute Gasteiger partial charge is 0.340 e. The van der Waals surface area contributed by atoms with E-state index in [0.717, 1.165) is 18.4 Å². The SMILES string of the molecule is CNC(=O)c1c(NCS(C)(=O)=O)cc2oc(-c3ccc(F)cc3)c(C(=O)O)c2c1OC. The summed E-state index contributed by atoms with van der Waals surface area (Å²) in [6.07, 6.45) is 1.01. The van der Waals surface area contributed by atoms with Crippen molar-refractivity contribution in [3.8, 4) is 17.1 Å². The monoisotopic (exact) mass is 450 g/mol. The van der Waals surface area contributed by atoms with Crippen LogP contribution in [0.25, 0.3) is 22.3 Å². The molecule has 3 rings (SSSR count). The number of carboxylic acids is 1. The summed E-state index contributed by atoms with van der Waals surface area (Å²) < 4.78 is 47.7. The second kappa shape index (κ2) is 8.26. The Kier molecular flexibility index (Phi) is 5.89. The predicted molar refractivity (Wildman–Crippen MR) is 112 cm³/mol. The number of carboxylic acid groups (broad SMARTS) is 1. The van der Waals surface area contributed by atoms with Crippen LogP contribution >= 0.6 is 0 Å². The van der Waals surface area contributed by atoms with Crippen LogP contribution in [-0.4, -0.2) is 51.7 Å². The van der Waals surface area contributed by atoms with Crippen molar-refractivity contribution in [2.75, 3.05) is 31.6 Å². The second-order valence-electron chi connectivity index (χ2n) is 6.65. The number of carbonyl (C=O) groups is 2. The van der Waals surface area contributed by atoms with Gasteiger partial charge in [-0.25, -0.2) is 17.6 Å². The summed E-state index contributed by atoms with van der Waals surface area (Å²) in [6, 6.07) is 6.34. The zero-order valence-corrected chi connectivity index (χ0v) is 17.6. The highest BCUT2D eigenvalue weighted by molar-refractivity contribution is 7.90. The molecule has 1 heterocycles. The van der Waals surface area contributed by atoms with Crippen molar-refractivity contribution in [1.29, 1.82) is 0 Å². The molecule has 3 N–H and O–H groups in total. The number of methoxy groups -OCH3 is 1. The molecule has 0 radical (unpaired) electrons. The lowest BCUT2D eigenvalue weighted by atomic mass is 10.0. The molecule has 0 atom stereocenters. The number of sulfone groups is 1. The maximum atomic E-state index is 13.3. The Morgan fingerprint density at radius 3 is 2.35 bits per heavy atom. The van der Waals surface area contributed by atoms with E-state index in [9.17, 15) is 27.5 Å². The normalized spacial score (nSPS) is 11.4. The van der Waals surface area contributed by atoms with E-state index in [0.29, 0.717) is 5.56 Å². The van der Waals surface area contributed by atoms with E-state index in [2.05, 4.69) is 10.6 Å². The summed E-state index contributed by atoms with van der Waals surface area (Å²) >= 11 is 0. The van der Waals surface area contributed by atoms with E-state index >= 15 is 0 Å². The van der Waals surface area contributed by atoms with Crippen molar-refractivity contribution in [1.82, 2.24) is 5.32 Å². The van der Waals surface area contributed by atoms with Crippen LogP contribution in [0.4, 0.5) is 10.1 Å². The molecule has 0 saturated carbocycles. The molecular formula is C20H19FN2O7S. The highest BCUT2D eigenvalue weighted by atomic mass is 32.2. The number of halogens is 1. The third-order valence-corrected chi connectivity index (χ3v) is 5.11. The van der Waals surface area contributed by atoms with Crippen molar-refractivity contribution in [3.63, 3.8) is 0 Å². The van der Waals surface area contributed by atoms with Gasteiger partial charge in [0.15, 0.2) is 9.84 Å². The fourth-order valence-corrected chi connectivity index (χ4v) is 3.56. The molecule has 0 fully saturated rings. The van der Waals surface area contributed by atoms with Gasteiger partial charge < -0.3 is 24.9 Å². The van der Waals surface area contributed by atoms with E-state index in [1.54, 1.807) is 0 Å². The largest absolute Gasteiger partial charge is 0.495 e. The fraction of sp³-hybridized carbons (Fsp3) is 0.200. The number of furan rings is 1. The molecule has 0 bridgehead atoms. The van der Waals surface area contributed by atoms with E-state index in [1.807, 2.05) is 0 Å². The van der Waals surface area contributed by atoms with Crippen LogP contribution in [0.2, 0.25) is 0 Å². The van der Waals surface area contributed by atoms with Gasteiger partial charge in [0.2, 0.25) is 0 Å². The third kappa shape index (κ3) is 4.31. The zero-order valence-electron chi connectivity index (χ0n) is 16.8. The number of hydrogen-bond acceptors (Lipinski definition) is 7. The van der Waals surface area contributed by atoms with E-state index in [-0.39, 0.29) is 39.3 Å². The van der Waals surface area contributed by atoms with Crippen molar-refractivity contribution in [3.05, 3.63) is 47.3 Å². The molecule has 0 spiro atoms. The van der Waals surface area contributed by atoms with Crippen LogP contribution in [-0.2, 0) is 9.84 Å². The summed E-state index contributed by atoms with van der Waals surface area (Å²) in [7, 11) is -0.839. The van der Waals surface area contributed by atoms with Crippen LogP contribution < -0.4 is 15.4 Å². The van der Waals surface area contributed by atoms with Gasteiger partial charge in [0, 0.05) is 24.9 Å². The minimum Gasteiger partial charge on any atom is -0.495 e. The number of benzene rings is 2. The molecule has 1 amide bonds. The van der Waals surface area contributed by atoms with E-state index in [1.165, 1.54) is 32.4 Å². The number of amides is 1. The van der Waals surface area contributed by atoms with Crippen molar-refractivity contribution < 1.29 is 36.7 Å². The first-order valence-electron chi connectivity index (χ1n) is 8.87. The zero-order chi connectivity index (χ0) is 22.9. The fourth-order valence-electron chi connectivity index (χ4n) is 3.14. The third-order valence-electron chi connectivity index (χ3n) is 4.44. The number of aromatic carboxylic acids is 1. The van der Waals surface area contributed by atoms with Gasteiger partial charge in [-0.15, -0.1) is 0 Å². The van der Waals surface area contributed by atoms with Gasteiger partial charge in [-0.3, -0.25) is 4.79 Å². The van der Waals surface area contributed by atoms with Crippen molar-refractivity contribution >= 4 is 38.4 Å². The summed E-state index contributed by atoms with van der Waals surface area (Å²) in [5.74, 6) is -3.15. The van der Waals surface area contributed by atoms with Crippen LogP contribution in [0, 0.1) is 5.82 Å². The summed E-state index contributed by atoms with van der Waals surface area (Å²) in [4.78, 5) is 24.7. The molecular weight excluding hydrogens is 431 g/mol. The number of rotatable bonds is 7. The maximum Gasteiger partial charge on any atom is 0.340 e. The quantitative estimate of drug-likeness (QED) is 0.500. The first-order valence-corrected chi connectivity index (χ1v) is 10.9. The van der Waals surface area contributed by atoms with Crippen LogP contribution in [0.5, 0.6) is 5.75 Å². The highest BCUT2D eigenvalue weighted by Gasteiger charge is 2.30. The molecule has 0 saturated heterocycles. The van der Waals surface area contributed by atoms with E-state index < -0.39 is 33.4 Å². The molecule has 1 aromatic heterocycles. The molecule has 0 unspecified atom stereocenters. The Bertz CT molecular complexity index is 1280.